The Labute approximate surface area is 185 Å². The van der Waals surface area contributed by atoms with E-state index in [9.17, 15) is 14.0 Å². The van der Waals surface area contributed by atoms with E-state index in [1.54, 1.807) is 24.3 Å². The number of hydrazone groups is 1. The van der Waals surface area contributed by atoms with Gasteiger partial charge in [-0.05, 0) is 54.1 Å². The molecule has 0 fully saturated rings. The van der Waals surface area contributed by atoms with Gasteiger partial charge in [0.05, 0.1) is 16.8 Å². The highest BCUT2D eigenvalue weighted by molar-refractivity contribution is 7.21. The fraction of sp³-hybridized carbons (Fsp3) is 0. The van der Waals surface area contributed by atoms with Crippen LogP contribution in [0.15, 0.2) is 77.9 Å². The average Bonchev–Trinajstić information content (AvgIpc) is 3.12. The monoisotopic (exact) mass is 452 g/mol. The topological polar surface area (TPSA) is 67.8 Å². The largest absolute Gasteiger partial charge is 0.423 e. The highest BCUT2D eigenvalue weighted by Gasteiger charge is 2.16. The summed E-state index contributed by atoms with van der Waals surface area (Å²) in [5, 5.41) is 5.18. The number of esters is 1. The second-order valence-electron chi connectivity index (χ2n) is 6.41. The van der Waals surface area contributed by atoms with Gasteiger partial charge in [0.1, 0.15) is 16.4 Å². The molecule has 0 bridgehead atoms. The van der Waals surface area contributed by atoms with E-state index in [2.05, 4.69) is 10.5 Å². The molecule has 1 heterocycles. The number of carbonyl (C=O) groups excluding carboxylic acids is 2. The number of nitrogens with one attached hydrogen (secondary N) is 1. The third-order valence-corrected chi connectivity index (χ3v) is 5.95. The van der Waals surface area contributed by atoms with Gasteiger partial charge in [0.25, 0.3) is 5.91 Å². The second-order valence-corrected chi connectivity index (χ2v) is 7.84. The van der Waals surface area contributed by atoms with Crippen LogP contribution in [0.2, 0.25) is 5.02 Å². The normalized spacial score (nSPS) is 11.0. The molecule has 0 radical (unpaired) electrons. The lowest BCUT2D eigenvalue weighted by Crippen LogP contribution is -2.16. The van der Waals surface area contributed by atoms with Crippen LogP contribution in [0.1, 0.15) is 25.6 Å². The smallest absolute Gasteiger partial charge is 0.343 e. The van der Waals surface area contributed by atoms with Gasteiger partial charge in [0.15, 0.2) is 0 Å². The van der Waals surface area contributed by atoms with Gasteiger partial charge in [0, 0.05) is 10.1 Å². The molecule has 0 unspecified atom stereocenters. The van der Waals surface area contributed by atoms with Crippen LogP contribution < -0.4 is 10.2 Å². The summed E-state index contributed by atoms with van der Waals surface area (Å²) in [5.41, 5.74) is 3.25. The lowest BCUT2D eigenvalue weighted by atomic mass is 10.2. The zero-order valence-electron chi connectivity index (χ0n) is 15.8. The van der Waals surface area contributed by atoms with E-state index in [4.69, 9.17) is 16.3 Å². The van der Waals surface area contributed by atoms with Crippen LogP contribution in [-0.2, 0) is 0 Å². The van der Waals surface area contributed by atoms with Crippen LogP contribution in [0.3, 0.4) is 0 Å². The Hall–Kier alpha value is -3.55. The predicted octanol–water partition coefficient (Wildman–Crippen LogP) is 5.68. The first-order valence-corrected chi connectivity index (χ1v) is 10.3. The molecule has 5 nitrogen and oxygen atoms in total. The molecule has 3 aromatic carbocycles. The predicted molar refractivity (Wildman–Crippen MR) is 120 cm³/mol. The van der Waals surface area contributed by atoms with Gasteiger partial charge in [-0.2, -0.15) is 5.10 Å². The minimum Gasteiger partial charge on any atom is -0.423 e. The molecule has 0 aliphatic rings. The maximum atomic E-state index is 13.2. The number of hydrogen-bond acceptors (Lipinski definition) is 5. The van der Waals surface area contributed by atoms with Crippen molar-refractivity contribution in [3.8, 4) is 5.75 Å². The van der Waals surface area contributed by atoms with E-state index in [1.165, 1.54) is 35.8 Å². The van der Waals surface area contributed by atoms with Gasteiger partial charge in [-0.25, -0.2) is 14.6 Å². The van der Waals surface area contributed by atoms with Gasteiger partial charge in [-0.1, -0.05) is 35.9 Å². The molecule has 0 aliphatic carbocycles. The molecule has 1 aromatic heterocycles. The molecule has 31 heavy (non-hydrogen) atoms. The summed E-state index contributed by atoms with van der Waals surface area (Å²) in [6.07, 6.45) is 1.46. The summed E-state index contributed by atoms with van der Waals surface area (Å²) in [6.45, 7) is 0. The summed E-state index contributed by atoms with van der Waals surface area (Å²) < 4.78 is 19.4. The first-order chi connectivity index (χ1) is 15.0. The Morgan fingerprint density at radius 3 is 2.55 bits per heavy atom. The molecule has 0 spiro atoms. The van der Waals surface area contributed by atoms with E-state index in [0.29, 0.717) is 21.2 Å². The van der Waals surface area contributed by atoms with Crippen molar-refractivity contribution in [1.29, 1.82) is 0 Å². The molecular formula is C23H14ClFN2O3S. The van der Waals surface area contributed by atoms with Crippen LogP contribution >= 0.6 is 22.9 Å². The van der Waals surface area contributed by atoms with E-state index in [-0.39, 0.29) is 5.56 Å². The number of fused-ring (bicyclic) bond motifs is 1. The summed E-state index contributed by atoms with van der Waals surface area (Å²) in [5.74, 6) is -1.27. The molecule has 4 aromatic rings. The quantitative estimate of drug-likeness (QED) is 0.183. The van der Waals surface area contributed by atoms with Gasteiger partial charge in [-0.15, -0.1) is 11.3 Å². The fourth-order valence-electron chi connectivity index (χ4n) is 2.78. The number of thiophene rings is 1. The summed E-state index contributed by atoms with van der Waals surface area (Å²) >= 11 is 7.59. The number of hydrogen-bond donors (Lipinski definition) is 1. The molecule has 0 atom stereocenters. The minimum absolute atomic E-state index is 0.119. The first-order valence-electron chi connectivity index (χ1n) is 9.09. The molecular weight excluding hydrogens is 439 g/mol. The lowest BCUT2D eigenvalue weighted by Gasteiger charge is -2.04. The standard InChI is InChI=1S/C23H14ClFN2O3S/c24-20-18-6-1-2-7-19(18)31-21(20)22(28)27-26-13-14-8-10-17(11-9-14)30-23(29)15-4-3-5-16(25)12-15/h1-13H,(H,27,28)/b26-13-. The highest BCUT2D eigenvalue weighted by Crippen LogP contribution is 2.34. The molecule has 154 valence electrons. The fourth-order valence-corrected chi connectivity index (χ4v) is 4.19. The van der Waals surface area contributed by atoms with Crippen molar-refractivity contribution in [1.82, 2.24) is 5.43 Å². The number of rotatable bonds is 5. The zero-order valence-corrected chi connectivity index (χ0v) is 17.4. The van der Waals surface area contributed by atoms with Gasteiger partial charge < -0.3 is 4.74 Å². The SMILES string of the molecule is O=C(Oc1ccc(/C=N\NC(=O)c2sc3ccccc3c2Cl)cc1)c1cccc(F)c1. The Bertz CT molecular complexity index is 1300. The van der Waals surface area contributed by atoms with Crippen LogP contribution in [-0.4, -0.2) is 18.1 Å². The number of halogens is 2. The van der Waals surface area contributed by atoms with E-state index >= 15 is 0 Å². The van der Waals surface area contributed by atoms with E-state index in [0.717, 1.165) is 16.2 Å². The zero-order chi connectivity index (χ0) is 21.8. The van der Waals surface area contributed by atoms with Gasteiger partial charge >= 0.3 is 5.97 Å². The number of carbonyl (C=O) groups is 2. The molecule has 0 saturated carbocycles. The van der Waals surface area contributed by atoms with Crippen LogP contribution in [0.5, 0.6) is 5.75 Å². The van der Waals surface area contributed by atoms with Crippen molar-refractivity contribution in [3.05, 3.63) is 99.6 Å². The Kier molecular flexibility index (Phi) is 6.06. The molecule has 0 saturated heterocycles. The Morgan fingerprint density at radius 1 is 1.03 bits per heavy atom. The van der Waals surface area contributed by atoms with Crippen molar-refractivity contribution >= 4 is 51.1 Å². The number of nitrogens with zero attached hydrogens (tertiary/aromatic N) is 1. The van der Waals surface area contributed by atoms with Crippen LogP contribution in [0.25, 0.3) is 10.1 Å². The molecule has 4 rings (SSSR count). The molecule has 1 amide bonds. The van der Waals surface area contributed by atoms with Crippen LogP contribution in [0, 0.1) is 5.82 Å². The van der Waals surface area contributed by atoms with E-state index in [1.807, 2.05) is 24.3 Å². The van der Waals surface area contributed by atoms with Crippen molar-refractivity contribution in [2.24, 2.45) is 5.10 Å². The maximum Gasteiger partial charge on any atom is 0.343 e. The summed E-state index contributed by atoms with van der Waals surface area (Å²) in [7, 11) is 0. The third-order valence-electron chi connectivity index (χ3n) is 4.27. The van der Waals surface area contributed by atoms with Gasteiger partial charge in [-0.3, -0.25) is 4.79 Å². The first kappa shape index (κ1) is 20.7. The van der Waals surface area contributed by atoms with Crippen molar-refractivity contribution in [3.63, 3.8) is 0 Å². The molecule has 0 aliphatic heterocycles. The molecule has 1 N–H and O–H groups in total. The Morgan fingerprint density at radius 2 is 1.81 bits per heavy atom. The van der Waals surface area contributed by atoms with E-state index < -0.39 is 17.7 Å². The summed E-state index contributed by atoms with van der Waals surface area (Å²) in [4.78, 5) is 24.8. The minimum atomic E-state index is -0.659. The molecule has 8 heteroatoms. The lowest BCUT2D eigenvalue weighted by molar-refractivity contribution is 0.0734. The van der Waals surface area contributed by atoms with Crippen molar-refractivity contribution in [2.45, 2.75) is 0 Å². The number of benzene rings is 3. The number of amides is 1. The third kappa shape index (κ3) is 4.79. The summed E-state index contributed by atoms with van der Waals surface area (Å²) in [6, 6.07) is 19.2. The van der Waals surface area contributed by atoms with Crippen molar-refractivity contribution < 1.29 is 18.7 Å². The maximum absolute atomic E-state index is 13.2. The second kappa shape index (κ2) is 9.07. The number of ether oxygens (including phenoxy) is 1. The Balaban J connectivity index is 1.37. The average molecular weight is 453 g/mol. The van der Waals surface area contributed by atoms with Crippen molar-refractivity contribution in [2.75, 3.05) is 0 Å². The van der Waals surface area contributed by atoms with Crippen LogP contribution in [0.4, 0.5) is 4.39 Å². The highest BCUT2D eigenvalue weighted by atomic mass is 35.5. The van der Waals surface area contributed by atoms with Gasteiger partial charge in [0.2, 0.25) is 0 Å².